The van der Waals surface area contributed by atoms with Crippen molar-refractivity contribution in [1.29, 1.82) is 0 Å². The van der Waals surface area contributed by atoms with Gasteiger partial charge in [-0.1, -0.05) is 0 Å². The summed E-state index contributed by atoms with van der Waals surface area (Å²) in [7, 11) is 0. The van der Waals surface area contributed by atoms with Crippen molar-refractivity contribution in [2.24, 2.45) is 0 Å². The van der Waals surface area contributed by atoms with E-state index in [0.29, 0.717) is 0 Å². The summed E-state index contributed by atoms with van der Waals surface area (Å²) in [5.74, 6) is -0.363. The van der Waals surface area contributed by atoms with Crippen molar-refractivity contribution in [3.63, 3.8) is 0 Å². The van der Waals surface area contributed by atoms with Crippen LogP contribution in [0.2, 0.25) is 0 Å². The summed E-state index contributed by atoms with van der Waals surface area (Å²) in [5.41, 5.74) is 0. The van der Waals surface area contributed by atoms with Crippen molar-refractivity contribution >= 4 is 11.8 Å². The van der Waals surface area contributed by atoms with Crippen molar-refractivity contribution in [2.75, 3.05) is 19.8 Å². The Balaban J connectivity index is 2.66. The number of hydrogen-bond acceptors (Lipinski definition) is 2. The second-order valence-electron chi connectivity index (χ2n) is 3.11. The van der Waals surface area contributed by atoms with Gasteiger partial charge in [-0.05, 0) is 6.92 Å². The zero-order chi connectivity index (χ0) is 9.84. The van der Waals surface area contributed by atoms with Gasteiger partial charge in [0.15, 0.2) is 0 Å². The molecule has 1 heterocycles. The van der Waals surface area contributed by atoms with Crippen molar-refractivity contribution < 1.29 is 14.0 Å². The van der Waals surface area contributed by atoms with Gasteiger partial charge in [-0.3, -0.25) is 9.59 Å². The van der Waals surface area contributed by atoms with Gasteiger partial charge in [-0.25, -0.2) is 4.39 Å². The highest BCUT2D eigenvalue weighted by Gasteiger charge is 2.25. The fourth-order valence-corrected chi connectivity index (χ4v) is 1.41. The highest BCUT2D eigenvalue weighted by Crippen LogP contribution is 2.07. The lowest BCUT2D eigenvalue weighted by atomic mass is 10.2. The fourth-order valence-electron chi connectivity index (χ4n) is 1.41. The quantitative estimate of drug-likeness (QED) is 0.646. The number of carbonyl (C=O) groups is 2. The van der Waals surface area contributed by atoms with Gasteiger partial charge < -0.3 is 10.2 Å². The SMILES string of the molecule is CC1CC(=O)NCC(=O)N1CCF. The Bertz CT molecular complexity index is 220. The Morgan fingerprint density at radius 2 is 2.31 bits per heavy atom. The minimum Gasteiger partial charge on any atom is -0.347 e. The normalized spacial score (nSPS) is 24.2. The Morgan fingerprint density at radius 3 is 2.92 bits per heavy atom. The molecule has 0 spiro atoms. The predicted molar refractivity (Wildman–Crippen MR) is 44.8 cm³/mol. The lowest BCUT2D eigenvalue weighted by Crippen LogP contribution is -2.40. The highest BCUT2D eigenvalue weighted by molar-refractivity contribution is 5.87. The molecule has 4 nitrogen and oxygen atoms in total. The Hall–Kier alpha value is -1.13. The van der Waals surface area contributed by atoms with E-state index in [0.717, 1.165) is 0 Å². The summed E-state index contributed by atoms with van der Waals surface area (Å²) in [6, 6.07) is -0.203. The number of carbonyl (C=O) groups excluding carboxylic acids is 2. The molecule has 1 atom stereocenters. The molecule has 1 rings (SSSR count). The number of rotatable bonds is 2. The third-order valence-electron chi connectivity index (χ3n) is 2.10. The number of hydrogen-bond donors (Lipinski definition) is 1. The fraction of sp³-hybridized carbons (Fsp3) is 0.750. The number of alkyl halides is 1. The van der Waals surface area contributed by atoms with Crippen LogP contribution in [0.3, 0.4) is 0 Å². The Labute approximate surface area is 76.1 Å². The minimum absolute atomic E-state index is 0.0107. The van der Waals surface area contributed by atoms with Crippen LogP contribution >= 0.6 is 0 Å². The van der Waals surface area contributed by atoms with Gasteiger partial charge >= 0.3 is 0 Å². The van der Waals surface area contributed by atoms with Crippen molar-refractivity contribution in [1.82, 2.24) is 10.2 Å². The van der Waals surface area contributed by atoms with E-state index >= 15 is 0 Å². The third-order valence-corrected chi connectivity index (χ3v) is 2.10. The highest BCUT2D eigenvalue weighted by atomic mass is 19.1. The smallest absolute Gasteiger partial charge is 0.242 e. The molecule has 1 aliphatic rings. The van der Waals surface area contributed by atoms with Crippen LogP contribution in [-0.2, 0) is 9.59 Å². The van der Waals surface area contributed by atoms with Crippen LogP contribution < -0.4 is 5.32 Å². The third kappa shape index (κ3) is 2.40. The molecule has 0 aromatic heterocycles. The van der Waals surface area contributed by atoms with Crippen molar-refractivity contribution in [3.8, 4) is 0 Å². The molecule has 13 heavy (non-hydrogen) atoms. The van der Waals surface area contributed by atoms with Crippen molar-refractivity contribution in [2.45, 2.75) is 19.4 Å². The van der Waals surface area contributed by atoms with Gasteiger partial charge in [-0.2, -0.15) is 0 Å². The average molecular weight is 188 g/mol. The van der Waals surface area contributed by atoms with Crippen molar-refractivity contribution in [3.05, 3.63) is 0 Å². The van der Waals surface area contributed by atoms with E-state index in [9.17, 15) is 14.0 Å². The zero-order valence-corrected chi connectivity index (χ0v) is 7.55. The summed E-state index contributed by atoms with van der Waals surface area (Å²) in [6.45, 7) is 1.25. The monoisotopic (exact) mass is 188 g/mol. The van der Waals surface area contributed by atoms with Gasteiger partial charge in [0.25, 0.3) is 0 Å². The van der Waals surface area contributed by atoms with E-state index in [1.807, 2.05) is 0 Å². The molecule has 1 aliphatic heterocycles. The number of halogens is 1. The van der Waals surface area contributed by atoms with Crippen LogP contribution in [0.4, 0.5) is 4.39 Å². The molecule has 2 amide bonds. The number of nitrogens with one attached hydrogen (secondary N) is 1. The number of amides is 2. The molecule has 1 fully saturated rings. The molecule has 0 aromatic rings. The standard InChI is InChI=1S/C8H13FN2O2/c1-6-4-7(12)10-5-8(13)11(6)3-2-9/h6H,2-5H2,1H3,(H,10,12). The maximum Gasteiger partial charge on any atom is 0.242 e. The molecule has 0 radical (unpaired) electrons. The lowest BCUT2D eigenvalue weighted by Gasteiger charge is -2.24. The summed E-state index contributed by atoms with van der Waals surface area (Å²) >= 11 is 0. The zero-order valence-electron chi connectivity index (χ0n) is 7.55. The first-order valence-corrected chi connectivity index (χ1v) is 4.27. The van der Waals surface area contributed by atoms with E-state index < -0.39 is 6.67 Å². The molecule has 0 aliphatic carbocycles. The Kier molecular flexibility index (Phi) is 3.22. The lowest BCUT2D eigenvalue weighted by molar-refractivity contribution is -0.131. The van der Waals surface area contributed by atoms with Gasteiger partial charge in [0, 0.05) is 19.0 Å². The van der Waals surface area contributed by atoms with Gasteiger partial charge in [0.05, 0.1) is 6.54 Å². The molecular weight excluding hydrogens is 175 g/mol. The maximum atomic E-state index is 12.1. The van der Waals surface area contributed by atoms with Gasteiger partial charge in [0.2, 0.25) is 11.8 Å². The maximum absolute atomic E-state index is 12.1. The molecule has 1 unspecified atom stereocenters. The summed E-state index contributed by atoms with van der Waals surface area (Å²) in [5, 5.41) is 2.46. The minimum atomic E-state index is -0.565. The second-order valence-corrected chi connectivity index (χ2v) is 3.11. The van der Waals surface area contributed by atoms with E-state index in [-0.39, 0.29) is 37.4 Å². The first-order valence-electron chi connectivity index (χ1n) is 4.27. The van der Waals surface area contributed by atoms with Crippen LogP contribution in [0.15, 0.2) is 0 Å². The topological polar surface area (TPSA) is 49.4 Å². The summed E-state index contributed by atoms with van der Waals surface area (Å²) in [6.07, 6.45) is 0.256. The molecule has 5 heteroatoms. The molecule has 0 saturated carbocycles. The second kappa shape index (κ2) is 4.20. The largest absolute Gasteiger partial charge is 0.347 e. The molecule has 0 bridgehead atoms. The van der Waals surface area contributed by atoms with Crippen LogP contribution in [-0.4, -0.2) is 42.5 Å². The van der Waals surface area contributed by atoms with E-state index in [2.05, 4.69) is 5.32 Å². The first kappa shape index (κ1) is 9.95. The molecule has 1 N–H and O–H groups in total. The van der Waals surface area contributed by atoms with E-state index in [1.165, 1.54) is 4.90 Å². The van der Waals surface area contributed by atoms with E-state index in [4.69, 9.17) is 0 Å². The Morgan fingerprint density at radius 1 is 1.62 bits per heavy atom. The van der Waals surface area contributed by atoms with E-state index in [1.54, 1.807) is 6.92 Å². The van der Waals surface area contributed by atoms with Crippen LogP contribution in [0.5, 0.6) is 0 Å². The first-order chi connectivity index (χ1) is 6.15. The van der Waals surface area contributed by atoms with Crippen LogP contribution in [0.25, 0.3) is 0 Å². The summed E-state index contributed by atoms with van der Waals surface area (Å²) in [4.78, 5) is 23.7. The summed E-state index contributed by atoms with van der Waals surface area (Å²) < 4.78 is 12.1. The van der Waals surface area contributed by atoms with Gasteiger partial charge in [-0.15, -0.1) is 0 Å². The average Bonchev–Trinajstić information content (AvgIpc) is 2.19. The van der Waals surface area contributed by atoms with Crippen LogP contribution in [0, 0.1) is 0 Å². The molecule has 1 saturated heterocycles. The molecule has 0 aromatic carbocycles. The molecule has 74 valence electrons. The predicted octanol–water partition coefficient (Wildman–Crippen LogP) is -0.307. The van der Waals surface area contributed by atoms with Crippen LogP contribution in [0.1, 0.15) is 13.3 Å². The van der Waals surface area contributed by atoms with Gasteiger partial charge in [0.1, 0.15) is 6.67 Å². The number of nitrogens with zero attached hydrogens (tertiary/aromatic N) is 1. The molecular formula is C8H13FN2O2.